The molecule has 0 radical (unpaired) electrons. The van der Waals surface area contributed by atoms with Crippen molar-refractivity contribution < 1.29 is 4.74 Å². The number of nitrogens with zero attached hydrogens (tertiary/aromatic N) is 3. The van der Waals surface area contributed by atoms with Crippen LogP contribution in [0, 0.1) is 0 Å². The second-order valence-corrected chi connectivity index (χ2v) is 5.90. The molecule has 5 heteroatoms. The molecule has 1 aliphatic carbocycles. The van der Waals surface area contributed by atoms with Crippen LogP contribution in [0.25, 0.3) is 0 Å². The van der Waals surface area contributed by atoms with Gasteiger partial charge in [-0.3, -0.25) is 0 Å². The van der Waals surface area contributed by atoms with E-state index in [-0.39, 0.29) is 5.41 Å². The van der Waals surface area contributed by atoms with Crippen molar-refractivity contribution in [1.82, 2.24) is 14.8 Å². The monoisotopic (exact) mass is 315 g/mol. The molecular formula is C13H22BrN3O. The van der Waals surface area contributed by atoms with Gasteiger partial charge in [0, 0.05) is 19.1 Å². The van der Waals surface area contributed by atoms with Crippen molar-refractivity contribution in [2.24, 2.45) is 0 Å². The van der Waals surface area contributed by atoms with E-state index in [1.807, 2.05) is 0 Å². The number of alkyl halides is 1. The van der Waals surface area contributed by atoms with E-state index in [0.29, 0.717) is 6.61 Å². The van der Waals surface area contributed by atoms with Gasteiger partial charge >= 0.3 is 0 Å². The van der Waals surface area contributed by atoms with E-state index in [0.717, 1.165) is 23.5 Å². The Balaban J connectivity index is 2.27. The Morgan fingerprint density at radius 2 is 2.00 bits per heavy atom. The average Bonchev–Trinajstić information content (AvgIpc) is 2.80. The topological polar surface area (TPSA) is 39.9 Å². The quantitative estimate of drug-likeness (QED) is 0.784. The first kappa shape index (κ1) is 14.0. The first-order chi connectivity index (χ1) is 8.71. The zero-order valence-electron chi connectivity index (χ0n) is 11.3. The van der Waals surface area contributed by atoms with Crippen molar-refractivity contribution in [3.8, 4) is 0 Å². The number of ether oxygens (including phenoxy) is 1. The molecular weight excluding hydrogens is 294 g/mol. The Bertz CT molecular complexity index is 386. The second-order valence-electron chi connectivity index (χ2n) is 5.34. The van der Waals surface area contributed by atoms with Gasteiger partial charge in [0.05, 0.1) is 11.9 Å². The normalized spacial score (nSPS) is 19.1. The zero-order valence-corrected chi connectivity index (χ0v) is 12.9. The third-order valence-corrected chi connectivity index (χ3v) is 4.46. The number of methoxy groups -OCH3 is 1. The molecule has 0 N–H and O–H groups in total. The minimum absolute atomic E-state index is 0.194. The van der Waals surface area contributed by atoms with Gasteiger partial charge in [-0.1, -0.05) is 42.1 Å². The maximum Gasteiger partial charge on any atom is 0.143 e. The fourth-order valence-corrected chi connectivity index (χ4v) is 3.27. The highest BCUT2D eigenvalue weighted by Crippen LogP contribution is 2.38. The Kier molecular flexibility index (Phi) is 4.78. The van der Waals surface area contributed by atoms with E-state index in [1.54, 1.807) is 7.11 Å². The lowest BCUT2D eigenvalue weighted by Crippen LogP contribution is -2.30. The van der Waals surface area contributed by atoms with Crippen molar-refractivity contribution in [2.45, 2.75) is 56.3 Å². The highest BCUT2D eigenvalue weighted by molar-refractivity contribution is 9.08. The van der Waals surface area contributed by atoms with Crippen LogP contribution >= 0.6 is 15.9 Å². The van der Waals surface area contributed by atoms with Crippen LogP contribution in [0.5, 0.6) is 0 Å². The van der Waals surface area contributed by atoms with Gasteiger partial charge in [-0.25, -0.2) is 0 Å². The lowest BCUT2D eigenvalue weighted by atomic mass is 9.75. The summed E-state index contributed by atoms with van der Waals surface area (Å²) < 4.78 is 7.44. The fraction of sp³-hybridized carbons (Fsp3) is 0.846. The summed E-state index contributed by atoms with van der Waals surface area (Å²) in [4.78, 5) is 0. The van der Waals surface area contributed by atoms with Crippen LogP contribution in [-0.2, 0) is 22.0 Å². The molecule has 4 nitrogen and oxygen atoms in total. The van der Waals surface area contributed by atoms with Gasteiger partial charge in [0.1, 0.15) is 11.6 Å². The fourth-order valence-electron chi connectivity index (χ4n) is 2.85. The van der Waals surface area contributed by atoms with Gasteiger partial charge in [0.2, 0.25) is 0 Å². The van der Waals surface area contributed by atoms with Gasteiger partial charge < -0.3 is 9.30 Å². The van der Waals surface area contributed by atoms with E-state index in [2.05, 4.69) is 37.6 Å². The van der Waals surface area contributed by atoms with Gasteiger partial charge in [-0.05, 0) is 12.8 Å². The minimum atomic E-state index is 0.194. The minimum Gasteiger partial charge on any atom is -0.383 e. The van der Waals surface area contributed by atoms with E-state index in [1.165, 1.54) is 32.1 Å². The van der Waals surface area contributed by atoms with Crippen LogP contribution in [0.3, 0.4) is 0 Å². The average molecular weight is 316 g/mol. The molecule has 1 fully saturated rings. The predicted octanol–water partition coefficient (Wildman–Crippen LogP) is 3.04. The van der Waals surface area contributed by atoms with E-state index >= 15 is 0 Å². The smallest absolute Gasteiger partial charge is 0.143 e. The second kappa shape index (κ2) is 6.15. The van der Waals surface area contributed by atoms with Crippen LogP contribution < -0.4 is 0 Å². The molecule has 18 heavy (non-hydrogen) atoms. The third-order valence-electron chi connectivity index (χ3n) is 3.96. The maximum atomic E-state index is 5.20. The SMILES string of the molecule is COCCn1c(CBr)nnc1C1(C)CCCCC1. The summed E-state index contributed by atoms with van der Waals surface area (Å²) in [5.74, 6) is 2.16. The lowest BCUT2D eigenvalue weighted by molar-refractivity contribution is 0.182. The molecule has 102 valence electrons. The third kappa shape index (κ3) is 2.77. The first-order valence-corrected chi connectivity index (χ1v) is 7.81. The van der Waals surface area contributed by atoms with Gasteiger partial charge in [0.25, 0.3) is 0 Å². The number of rotatable bonds is 5. The summed E-state index contributed by atoms with van der Waals surface area (Å²) in [5.41, 5.74) is 0.194. The summed E-state index contributed by atoms with van der Waals surface area (Å²) in [6.07, 6.45) is 6.41. The van der Waals surface area contributed by atoms with Crippen molar-refractivity contribution in [3.05, 3.63) is 11.6 Å². The Labute approximate surface area is 117 Å². The molecule has 0 bridgehead atoms. The van der Waals surface area contributed by atoms with E-state index in [4.69, 9.17) is 4.74 Å². The summed E-state index contributed by atoms with van der Waals surface area (Å²) in [7, 11) is 1.74. The summed E-state index contributed by atoms with van der Waals surface area (Å²) in [6.45, 7) is 3.88. The number of hydrogen-bond donors (Lipinski definition) is 0. The number of halogens is 1. The molecule has 0 spiro atoms. The molecule has 0 atom stereocenters. The van der Waals surface area contributed by atoms with Crippen molar-refractivity contribution >= 4 is 15.9 Å². The molecule has 2 rings (SSSR count). The number of hydrogen-bond acceptors (Lipinski definition) is 3. The van der Waals surface area contributed by atoms with Crippen LogP contribution in [-0.4, -0.2) is 28.5 Å². The van der Waals surface area contributed by atoms with Crippen LogP contribution in [0.1, 0.15) is 50.7 Å². The molecule has 0 saturated heterocycles. The zero-order chi connectivity index (χ0) is 13.0. The Morgan fingerprint density at radius 3 is 2.61 bits per heavy atom. The standard InChI is InChI=1S/C13H22BrN3O/c1-13(6-4-3-5-7-13)12-16-15-11(10-14)17(12)8-9-18-2/h3-10H2,1-2H3. The highest BCUT2D eigenvalue weighted by atomic mass is 79.9. The first-order valence-electron chi connectivity index (χ1n) is 6.69. The molecule has 0 aliphatic heterocycles. The van der Waals surface area contributed by atoms with Gasteiger partial charge in [-0.2, -0.15) is 0 Å². The van der Waals surface area contributed by atoms with E-state index in [9.17, 15) is 0 Å². The molecule has 0 amide bonds. The van der Waals surface area contributed by atoms with Crippen molar-refractivity contribution in [3.63, 3.8) is 0 Å². The largest absolute Gasteiger partial charge is 0.383 e. The molecule has 0 aromatic carbocycles. The van der Waals surface area contributed by atoms with Gasteiger partial charge in [-0.15, -0.1) is 10.2 Å². The van der Waals surface area contributed by atoms with Crippen LogP contribution in [0.15, 0.2) is 0 Å². The van der Waals surface area contributed by atoms with Crippen LogP contribution in [0.2, 0.25) is 0 Å². The Hall–Kier alpha value is -0.420. The summed E-state index contributed by atoms with van der Waals surface area (Å²) in [6, 6.07) is 0. The highest BCUT2D eigenvalue weighted by Gasteiger charge is 2.34. The van der Waals surface area contributed by atoms with Crippen LogP contribution in [0.4, 0.5) is 0 Å². The van der Waals surface area contributed by atoms with E-state index < -0.39 is 0 Å². The van der Waals surface area contributed by atoms with Crippen molar-refractivity contribution in [1.29, 1.82) is 0 Å². The maximum absolute atomic E-state index is 5.20. The summed E-state index contributed by atoms with van der Waals surface area (Å²) in [5, 5.41) is 9.53. The predicted molar refractivity (Wildman–Crippen MR) is 75.0 cm³/mol. The van der Waals surface area contributed by atoms with Crippen molar-refractivity contribution in [2.75, 3.05) is 13.7 Å². The molecule has 1 aliphatic rings. The summed E-state index contributed by atoms with van der Waals surface area (Å²) >= 11 is 3.49. The van der Waals surface area contributed by atoms with Gasteiger partial charge in [0.15, 0.2) is 0 Å². The lowest BCUT2D eigenvalue weighted by Gasteiger charge is -2.33. The molecule has 1 aromatic rings. The number of aromatic nitrogens is 3. The Morgan fingerprint density at radius 1 is 1.28 bits per heavy atom. The molecule has 1 heterocycles. The molecule has 0 unspecified atom stereocenters. The molecule has 1 saturated carbocycles. The molecule has 1 aromatic heterocycles.